The Kier molecular flexibility index (Phi) is 6.01. The van der Waals surface area contributed by atoms with Gasteiger partial charge in [0.15, 0.2) is 17.2 Å². The molecule has 3 rings (SSSR count). The molecule has 0 aliphatic rings. The summed E-state index contributed by atoms with van der Waals surface area (Å²) < 4.78 is 20.7. The fraction of sp³-hybridized carbons (Fsp3) is 0.286. The highest BCUT2D eigenvalue weighted by Gasteiger charge is 2.20. The Labute approximate surface area is 168 Å². The summed E-state index contributed by atoms with van der Waals surface area (Å²) >= 11 is 0. The van der Waals surface area contributed by atoms with Crippen LogP contribution in [0.15, 0.2) is 41.0 Å². The second kappa shape index (κ2) is 8.64. The lowest BCUT2D eigenvalue weighted by atomic mass is 10.0. The van der Waals surface area contributed by atoms with Crippen molar-refractivity contribution in [3.05, 3.63) is 47.5 Å². The third-order valence-electron chi connectivity index (χ3n) is 4.50. The first kappa shape index (κ1) is 20.2. The van der Waals surface area contributed by atoms with E-state index in [1.165, 1.54) is 26.9 Å². The number of rotatable bonds is 7. The molecule has 1 N–H and O–H groups in total. The van der Waals surface area contributed by atoms with Crippen LogP contribution in [0.4, 0.5) is 5.82 Å². The minimum absolute atomic E-state index is 0.223. The quantitative estimate of drug-likeness (QED) is 0.640. The summed E-state index contributed by atoms with van der Waals surface area (Å²) in [6.07, 6.45) is 0. The first-order valence-electron chi connectivity index (χ1n) is 9.02. The van der Waals surface area contributed by atoms with Crippen LogP contribution in [0.2, 0.25) is 0 Å². The van der Waals surface area contributed by atoms with Crippen LogP contribution in [0.1, 0.15) is 35.7 Å². The maximum absolute atomic E-state index is 12.8. The molecule has 0 radical (unpaired) electrons. The second-order valence-electron chi connectivity index (χ2n) is 6.61. The fourth-order valence-electron chi connectivity index (χ4n) is 2.88. The molecule has 0 saturated carbocycles. The van der Waals surface area contributed by atoms with Gasteiger partial charge in [-0.1, -0.05) is 38.1 Å². The summed E-state index contributed by atoms with van der Waals surface area (Å²) in [5.41, 5.74) is 2.74. The van der Waals surface area contributed by atoms with Crippen molar-refractivity contribution >= 4 is 11.7 Å². The summed E-state index contributed by atoms with van der Waals surface area (Å²) in [7, 11) is 4.47. The summed E-state index contributed by atoms with van der Waals surface area (Å²) in [5, 5.41) is 10.5. The van der Waals surface area contributed by atoms with Crippen molar-refractivity contribution < 1.29 is 23.6 Å². The number of methoxy groups -OCH3 is 3. The number of carbonyl (C=O) groups excluding carboxylic acids is 1. The van der Waals surface area contributed by atoms with E-state index >= 15 is 0 Å². The zero-order valence-electron chi connectivity index (χ0n) is 17.0. The van der Waals surface area contributed by atoms with Crippen LogP contribution in [0.5, 0.6) is 17.2 Å². The van der Waals surface area contributed by atoms with Gasteiger partial charge >= 0.3 is 0 Å². The van der Waals surface area contributed by atoms with Gasteiger partial charge in [-0.25, -0.2) is 4.63 Å². The first-order chi connectivity index (χ1) is 14.0. The number of nitrogens with zero attached hydrogens (tertiary/aromatic N) is 2. The summed E-state index contributed by atoms with van der Waals surface area (Å²) in [5.74, 6) is 1.37. The second-order valence-corrected chi connectivity index (χ2v) is 6.61. The SMILES string of the molecule is COc1cc(C(=O)Nc2nonc2-c2ccc(C(C)C)cc2)cc(OC)c1OC. The highest BCUT2D eigenvalue weighted by atomic mass is 16.6. The van der Waals surface area contributed by atoms with Crippen LogP contribution in [0.3, 0.4) is 0 Å². The predicted octanol–water partition coefficient (Wildman–Crippen LogP) is 4.14. The maximum atomic E-state index is 12.8. The molecule has 0 aliphatic heterocycles. The highest BCUT2D eigenvalue weighted by Crippen LogP contribution is 2.38. The molecule has 152 valence electrons. The van der Waals surface area contributed by atoms with E-state index in [0.29, 0.717) is 34.4 Å². The van der Waals surface area contributed by atoms with Crippen molar-refractivity contribution in [3.63, 3.8) is 0 Å². The molecular weight excluding hydrogens is 374 g/mol. The van der Waals surface area contributed by atoms with Gasteiger partial charge in [0, 0.05) is 11.1 Å². The number of hydrogen-bond donors (Lipinski definition) is 1. The number of amides is 1. The molecule has 0 unspecified atom stereocenters. The smallest absolute Gasteiger partial charge is 0.257 e. The Balaban J connectivity index is 1.88. The lowest BCUT2D eigenvalue weighted by Crippen LogP contribution is -2.13. The van der Waals surface area contributed by atoms with Gasteiger partial charge in [-0.3, -0.25) is 4.79 Å². The van der Waals surface area contributed by atoms with E-state index < -0.39 is 5.91 Å². The first-order valence-corrected chi connectivity index (χ1v) is 9.02. The number of benzene rings is 2. The van der Waals surface area contributed by atoms with E-state index in [0.717, 1.165) is 5.56 Å². The number of aromatic nitrogens is 2. The van der Waals surface area contributed by atoms with E-state index in [2.05, 4.69) is 29.5 Å². The Morgan fingerprint density at radius 3 is 2.10 bits per heavy atom. The average Bonchev–Trinajstić information content (AvgIpc) is 3.20. The molecule has 3 aromatic rings. The molecule has 0 atom stereocenters. The molecule has 1 aromatic heterocycles. The van der Waals surface area contributed by atoms with Crippen molar-refractivity contribution in [2.75, 3.05) is 26.6 Å². The minimum atomic E-state index is -0.417. The average molecular weight is 397 g/mol. The molecular formula is C21H23N3O5. The van der Waals surface area contributed by atoms with Gasteiger partial charge < -0.3 is 19.5 Å². The van der Waals surface area contributed by atoms with Gasteiger partial charge in [-0.15, -0.1) is 0 Å². The molecule has 0 aliphatic carbocycles. The molecule has 8 nitrogen and oxygen atoms in total. The van der Waals surface area contributed by atoms with Crippen molar-refractivity contribution in [1.82, 2.24) is 10.3 Å². The lowest BCUT2D eigenvalue weighted by Gasteiger charge is -2.13. The third-order valence-corrected chi connectivity index (χ3v) is 4.50. The van der Waals surface area contributed by atoms with Crippen molar-refractivity contribution in [3.8, 4) is 28.5 Å². The molecule has 1 heterocycles. The zero-order chi connectivity index (χ0) is 21.0. The number of hydrogen-bond acceptors (Lipinski definition) is 7. The Morgan fingerprint density at radius 1 is 0.966 bits per heavy atom. The lowest BCUT2D eigenvalue weighted by molar-refractivity contribution is 0.102. The molecule has 0 bridgehead atoms. The van der Waals surface area contributed by atoms with Crippen LogP contribution in [0.25, 0.3) is 11.3 Å². The Bertz CT molecular complexity index is 971. The van der Waals surface area contributed by atoms with E-state index in [1.54, 1.807) is 12.1 Å². The van der Waals surface area contributed by atoms with Crippen LogP contribution in [-0.2, 0) is 0 Å². The van der Waals surface area contributed by atoms with E-state index in [9.17, 15) is 4.79 Å². The van der Waals surface area contributed by atoms with Crippen molar-refractivity contribution in [2.45, 2.75) is 19.8 Å². The van der Waals surface area contributed by atoms with Crippen LogP contribution >= 0.6 is 0 Å². The van der Waals surface area contributed by atoms with Gasteiger partial charge in [0.2, 0.25) is 11.6 Å². The van der Waals surface area contributed by atoms with Gasteiger partial charge in [0.05, 0.1) is 21.3 Å². The van der Waals surface area contributed by atoms with Gasteiger partial charge in [-0.2, -0.15) is 0 Å². The van der Waals surface area contributed by atoms with E-state index in [1.807, 2.05) is 24.3 Å². The van der Waals surface area contributed by atoms with E-state index in [-0.39, 0.29) is 5.82 Å². The largest absolute Gasteiger partial charge is 0.493 e. The summed E-state index contributed by atoms with van der Waals surface area (Å²) in [6.45, 7) is 4.24. The van der Waals surface area contributed by atoms with Crippen LogP contribution in [0, 0.1) is 0 Å². The normalized spacial score (nSPS) is 10.7. The predicted molar refractivity (Wildman–Crippen MR) is 108 cm³/mol. The number of nitrogens with one attached hydrogen (secondary N) is 1. The van der Waals surface area contributed by atoms with E-state index in [4.69, 9.17) is 18.8 Å². The Hall–Kier alpha value is -3.55. The topological polar surface area (TPSA) is 95.7 Å². The van der Waals surface area contributed by atoms with Crippen LogP contribution < -0.4 is 19.5 Å². The third kappa shape index (κ3) is 4.16. The number of carbonyl (C=O) groups is 1. The number of ether oxygens (including phenoxy) is 3. The Morgan fingerprint density at radius 2 is 1.59 bits per heavy atom. The van der Waals surface area contributed by atoms with Crippen molar-refractivity contribution in [1.29, 1.82) is 0 Å². The number of anilines is 1. The molecule has 8 heteroatoms. The highest BCUT2D eigenvalue weighted by molar-refractivity contribution is 6.06. The van der Waals surface area contributed by atoms with Gasteiger partial charge in [-0.05, 0) is 33.9 Å². The molecule has 0 fully saturated rings. The maximum Gasteiger partial charge on any atom is 0.257 e. The van der Waals surface area contributed by atoms with Gasteiger partial charge in [0.1, 0.15) is 0 Å². The molecule has 0 spiro atoms. The fourth-order valence-corrected chi connectivity index (χ4v) is 2.88. The molecule has 1 amide bonds. The molecule has 2 aromatic carbocycles. The van der Waals surface area contributed by atoms with Gasteiger partial charge in [0.25, 0.3) is 5.91 Å². The summed E-state index contributed by atoms with van der Waals surface area (Å²) in [4.78, 5) is 12.8. The van der Waals surface area contributed by atoms with Crippen LogP contribution in [-0.4, -0.2) is 37.5 Å². The van der Waals surface area contributed by atoms with Crippen molar-refractivity contribution in [2.24, 2.45) is 0 Å². The molecule has 29 heavy (non-hydrogen) atoms. The standard InChI is InChI=1S/C21H23N3O5/c1-12(2)13-6-8-14(9-7-13)18-20(24-29-23-18)22-21(25)15-10-16(26-3)19(28-5)17(11-15)27-4/h6-12H,1-5H3,(H,22,24,25). The molecule has 0 saturated heterocycles. The summed E-state index contributed by atoms with van der Waals surface area (Å²) in [6, 6.07) is 11.0. The monoisotopic (exact) mass is 397 g/mol. The minimum Gasteiger partial charge on any atom is -0.493 e. The zero-order valence-corrected chi connectivity index (χ0v) is 17.0.